The number of ether oxygens (including phenoxy) is 1. The normalized spacial score (nSPS) is 20.0. The molecule has 1 aliphatic heterocycles. The van der Waals surface area contributed by atoms with Crippen LogP contribution in [0.3, 0.4) is 0 Å². The Morgan fingerprint density at radius 2 is 2.25 bits per heavy atom. The molecular formula is C12H15F2NO. The summed E-state index contributed by atoms with van der Waals surface area (Å²) in [6, 6.07) is 4.14. The van der Waals surface area contributed by atoms with Gasteiger partial charge in [-0.05, 0) is 31.4 Å². The van der Waals surface area contributed by atoms with Gasteiger partial charge in [0.05, 0.1) is 11.8 Å². The second kappa shape index (κ2) is 5.25. The molecule has 1 aromatic carbocycles. The van der Waals surface area contributed by atoms with Crippen molar-refractivity contribution in [3.8, 4) is 0 Å². The molecule has 1 heterocycles. The number of hydrogen-bond donors (Lipinski definition) is 1. The fourth-order valence-electron chi connectivity index (χ4n) is 1.88. The first kappa shape index (κ1) is 11.3. The van der Waals surface area contributed by atoms with E-state index in [1.807, 2.05) is 0 Å². The smallest absolute Gasteiger partial charge is 0.181 e. The summed E-state index contributed by atoms with van der Waals surface area (Å²) >= 11 is 0. The monoisotopic (exact) mass is 227 g/mol. The van der Waals surface area contributed by atoms with Gasteiger partial charge >= 0.3 is 0 Å². The van der Waals surface area contributed by atoms with Crippen LogP contribution >= 0.6 is 0 Å². The van der Waals surface area contributed by atoms with E-state index >= 15 is 0 Å². The molecule has 2 rings (SSSR count). The SMILES string of the molecule is Fc1cccc(NCCC2CCCO2)c1F. The fraction of sp³-hybridized carbons (Fsp3) is 0.500. The lowest BCUT2D eigenvalue weighted by molar-refractivity contribution is 0.107. The fourth-order valence-corrected chi connectivity index (χ4v) is 1.88. The summed E-state index contributed by atoms with van der Waals surface area (Å²) in [6.07, 6.45) is 3.26. The zero-order valence-electron chi connectivity index (χ0n) is 9.01. The van der Waals surface area contributed by atoms with Crippen LogP contribution in [0.1, 0.15) is 19.3 Å². The van der Waals surface area contributed by atoms with Gasteiger partial charge < -0.3 is 10.1 Å². The van der Waals surface area contributed by atoms with Crippen molar-refractivity contribution in [2.45, 2.75) is 25.4 Å². The lowest BCUT2D eigenvalue weighted by Crippen LogP contribution is -2.13. The van der Waals surface area contributed by atoms with Crippen molar-refractivity contribution in [3.63, 3.8) is 0 Å². The topological polar surface area (TPSA) is 21.3 Å². The van der Waals surface area contributed by atoms with Gasteiger partial charge in [-0.2, -0.15) is 0 Å². The van der Waals surface area contributed by atoms with E-state index in [1.54, 1.807) is 0 Å². The van der Waals surface area contributed by atoms with E-state index in [4.69, 9.17) is 4.74 Å². The maximum absolute atomic E-state index is 13.2. The molecule has 0 radical (unpaired) electrons. The number of benzene rings is 1. The van der Waals surface area contributed by atoms with Crippen molar-refractivity contribution in [1.82, 2.24) is 0 Å². The molecule has 0 aliphatic carbocycles. The third kappa shape index (κ3) is 2.70. The largest absolute Gasteiger partial charge is 0.382 e. The highest BCUT2D eigenvalue weighted by Gasteiger charge is 2.15. The van der Waals surface area contributed by atoms with Gasteiger partial charge in [0.15, 0.2) is 11.6 Å². The minimum absolute atomic E-state index is 0.220. The molecule has 0 saturated carbocycles. The van der Waals surface area contributed by atoms with Crippen LogP contribution in [0.15, 0.2) is 18.2 Å². The van der Waals surface area contributed by atoms with Crippen LogP contribution < -0.4 is 5.32 Å². The van der Waals surface area contributed by atoms with E-state index in [0.29, 0.717) is 6.54 Å². The molecule has 88 valence electrons. The lowest BCUT2D eigenvalue weighted by atomic mass is 10.2. The van der Waals surface area contributed by atoms with Gasteiger partial charge in [-0.3, -0.25) is 0 Å². The molecule has 1 N–H and O–H groups in total. The molecule has 4 heteroatoms. The van der Waals surface area contributed by atoms with E-state index in [0.717, 1.165) is 31.9 Å². The molecule has 1 aliphatic rings. The summed E-state index contributed by atoms with van der Waals surface area (Å²) in [7, 11) is 0. The lowest BCUT2D eigenvalue weighted by Gasteiger charge is -2.11. The molecule has 0 amide bonds. The number of hydrogen-bond acceptors (Lipinski definition) is 2. The summed E-state index contributed by atoms with van der Waals surface area (Å²) in [5.74, 6) is -1.63. The summed E-state index contributed by atoms with van der Waals surface area (Å²) in [4.78, 5) is 0. The maximum atomic E-state index is 13.2. The highest BCUT2D eigenvalue weighted by molar-refractivity contribution is 5.44. The van der Waals surface area contributed by atoms with Gasteiger partial charge in [-0.15, -0.1) is 0 Å². The highest BCUT2D eigenvalue weighted by atomic mass is 19.2. The first-order chi connectivity index (χ1) is 7.77. The third-order valence-electron chi connectivity index (χ3n) is 2.76. The van der Waals surface area contributed by atoms with Gasteiger partial charge in [0, 0.05) is 13.2 Å². The minimum atomic E-state index is -0.817. The zero-order valence-corrected chi connectivity index (χ0v) is 9.01. The van der Waals surface area contributed by atoms with Crippen LogP contribution in [-0.4, -0.2) is 19.3 Å². The van der Waals surface area contributed by atoms with Crippen molar-refractivity contribution in [2.24, 2.45) is 0 Å². The Hall–Kier alpha value is -1.16. The molecule has 2 nitrogen and oxygen atoms in total. The molecule has 1 saturated heterocycles. The summed E-state index contributed by atoms with van der Waals surface area (Å²) in [5, 5.41) is 2.89. The molecule has 0 spiro atoms. The first-order valence-corrected chi connectivity index (χ1v) is 5.57. The van der Waals surface area contributed by atoms with Crippen LogP contribution in [0.2, 0.25) is 0 Å². The Bertz CT molecular complexity index is 351. The molecule has 1 atom stereocenters. The molecule has 1 fully saturated rings. The number of anilines is 1. The minimum Gasteiger partial charge on any atom is -0.382 e. The highest BCUT2D eigenvalue weighted by Crippen LogP contribution is 2.18. The van der Waals surface area contributed by atoms with Gasteiger partial charge in [0.25, 0.3) is 0 Å². The van der Waals surface area contributed by atoms with Gasteiger partial charge in [-0.1, -0.05) is 6.07 Å². The maximum Gasteiger partial charge on any atom is 0.181 e. The number of rotatable bonds is 4. The molecule has 1 unspecified atom stereocenters. The standard InChI is InChI=1S/C12H15F2NO/c13-10-4-1-5-11(12(10)14)15-7-6-9-3-2-8-16-9/h1,4-5,9,15H,2-3,6-8H2. The van der Waals surface area contributed by atoms with E-state index in [2.05, 4.69) is 5.32 Å². The van der Waals surface area contributed by atoms with E-state index < -0.39 is 11.6 Å². The Labute approximate surface area is 93.6 Å². The second-order valence-electron chi connectivity index (χ2n) is 3.95. The van der Waals surface area contributed by atoms with E-state index in [1.165, 1.54) is 12.1 Å². The summed E-state index contributed by atoms with van der Waals surface area (Å²) in [6.45, 7) is 1.42. The van der Waals surface area contributed by atoms with E-state index in [-0.39, 0.29) is 11.8 Å². The van der Waals surface area contributed by atoms with Crippen LogP contribution in [0.25, 0.3) is 0 Å². The average molecular weight is 227 g/mol. The molecule has 16 heavy (non-hydrogen) atoms. The molecular weight excluding hydrogens is 212 g/mol. The predicted octanol–water partition coefficient (Wildman–Crippen LogP) is 2.95. The third-order valence-corrected chi connectivity index (χ3v) is 2.76. The van der Waals surface area contributed by atoms with Crippen molar-refractivity contribution < 1.29 is 13.5 Å². The van der Waals surface area contributed by atoms with E-state index in [9.17, 15) is 8.78 Å². The second-order valence-corrected chi connectivity index (χ2v) is 3.95. The molecule has 0 bridgehead atoms. The Morgan fingerprint density at radius 1 is 1.38 bits per heavy atom. The van der Waals surface area contributed by atoms with Crippen LogP contribution in [0.4, 0.5) is 14.5 Å². The Kier molecular flexibility index (Phi) is 3.72. The Morgan fingerprint density at radius 3 is 3.00 bits per heavy atom. The summed E-state index contributed by atoms with van der Waals surface area (Å²) in [5.41, 5.74) is 0.220. The predicted molar refractivity (Wildman–Crippen MR) is 58.4 cm³/mol. The van der Waals surface area contributed by atoms with Crippen molar-refractivity contribution in [1.29, 1.82) is 0 Å². The van der Waals surface area contributed by atoms with Crippen molar-refractivity contribution >= 4 is 5.69 Å². The molecule has 0 aromatic heterocycles. The quantitative estimate of drug-likeness (QED) is 0.853. The molecule has 1 aromatic rings. The van der Waals surface area contributed by atoms with Gasteiger partial charge in [0.2, 0.25) is 0 Å². The number of halogens is 2. The van der Waals surface area contributed by atoms with Crippen LogP contribution in [0.5, 0.6) is 0 Å². The van der Waals surface area contributed by atoms with Crippen molar-refractivity contribution in [2.75, 3.05) is 18.5 Å². The van der Waals surface area contributed by atoms with Gasteiger partial charge in [-0.25, -0.2) is 8.78 Å². The Balaban J connectivity index is 1.82. The summed E-state index contributed by atoms with van der Waals surface area (Å²) < 4.78 is 31.5. The van der Waals surface area contributed by atoms with Crippen LogP contribution in [-0.2, 0) is 4.74 Å². The number of nitrogens with one attached hydrogen (secondary N) is 1. The van der Waals surface area contributed by atoms with Crippen LogP contribution in [0, 0.1) is 11.6 Å². The van der Waals surface area contributed by atoms with Gasteiger partial charge in [0.1, 0.15) is 0 Å². The average Bonchev–Trinajstić information content (AvgIpc) is 2.77. The first-order valence-electron chi connectivity index (χ1n) is 5.57. The zero-order chi connectivity index (χ0) is 11.4. The van der Waals surface area contributed by atoms with Crippen molar-refractivity contribution in [3.05, 3.63) is 29.8 Å².